The fourth-order valence-corrected chi connectivity index (χ4v) is 2.76. The highest BCUT2D eigenvalue weighted by Crippen LogP contribution is 2.18. The Labute approximate surface area is 152 Å². The maximum Gasteiger partial charge on any atom is 0.251 e. The Morgan fingerprint density at radius 3 is 2.46 bits per heavy atom. The van der Waals surface area contributed by atoms with E-state index in [0.29, 0.717) is 22.7 Å². The van der Waals surface area contributed by atoms with E-state index in [2.05, 4.69) is 16.0 Å². The van der Waals surface area contributed by atoms with Crippen molar-refractivity contribution in [2.24, 2.45) is 11.8 Å². The van der Waals surface area contributed by atoms with Crippen molar-refractivity contribution in [3.8, 4) is 0 Å². The van der Waals surface area contributed by atoms with Crippen LogP contribution in [0.1, 0.15) is 22.8 Å². The zero-order valence-corrected chi connectivity index (χ0v) is 14.6. The van der Waals surface area contributed by atoms with Crippen molar-refractivity contribution >= 4 is 17.5 Å². The lowest BCUT2D eigenvalue weighted by Gasteiger charge is -2.31. The van der Waals surface area contributed by atoms with Gasteiger partial charge in [0.15, 0.2) is 0 Å². The minimum Gasteiger partial charge on any atom is -0.348 e. The molecule has 6 heteroatoms. The first kappa shape index (κ1) is 18.1. The molecular formula is C20H22FN3O2. The van der Waals surface area contributed by atoms with E-state index >= 15 is 0 Å². The van der Waals surface area contributed by atoms with Crippen LogP contribution >= 0.6 is 0 Å². The molecule has 1 fully saturated rings. The van der Waals surface area contributed by atoms with Crippen molar-refractivity contribution in [3.63, 3.8) is 0 Å². The van der Waals surface area contributed by atoms with Gasteiger partial charge in [0.1, 0.15) is 5.82 Å². The predicted octanol–water partition coefficient (Wildman–Crippen LogP) is 2.55. The third-order valence-corrected chi connectivity index (χ3v) is 4.75. The van der Waals surface area contributed by atoms with Gasteiger partial charge in [-0.05, 0) is 49.3 Å². The smallest absolute Gasteiger partial charge is 0.251 e. The number of benzene rings is 2. The van der Waals surface area contributed by atoms with Crippen LogP contribution in [0, 0.1) is 17.7 Å². The van der Waals surface area contributed by atoms with E-state index in [0.717, 1.165) is 13.1 Å². The predicted molar refractivity (Wildman–Crippen MR) is 98.2 cm³/mol. The summed E-state index contributed by atoms with van der Waals surface area (Å²) in [5.74, 6) is -0.339. The van der Waals surface area contributed by atoms with E-state index in [-0.39, 0.29) is 30.1 Å². The minimum atomic E-state index is -0.346. The molecule has 136 valence electrons. The second-order valence-corrected chi connectivity index (χ2v) is 6.55. The Kier molecular flexibility index (Phi) is 5.63. The van der Waals surface area contributed by atoms with Gasteiger partial charge >= 0.3 is 0 Å². The van der Waals surface area contributed by atoms with E-state index in [1.807, 2.05) is 6.92 Å². The molecule has 0 radical (unpaired) electrons. The summed E-state index contributed by atoms with van der Waals surface area (Å²) in [5, 5.41) is 8.73. The lowest BCUT2D eigenvalue weighted by atomic mass is 9.88. The molecule has 1 atom stereocenters. The average molecular weight is 355 g/mol. The summed E-state index contributed by atoms with van der Waals surface area (Å²) >= 11 is 0. The summed E-state index contributed by atoms with van der Waals surface area (Å²) in [4.78, 5) is 24.4. The van der Waals surface area contributed by atoms with Gasteiger partial charge in [-0.3, -0.25) is 9.59 Å². The molecule has 5 nitrogen and oxygen atoms in total. The van der Waals surface area contributed by atoms with Crippen LogP contribution in [0.5, 0.6) is 0 Å². The van der Waals surface area contributed by atoms with Gasteiger partial charge in [-0.1, -0.05) is 25.1 Å². The van der Waals surface area contributed by atoms with Crippen LogP contribution in [-0.4, -0.2) is 24.9 Å². The fraction of sp³-hybridized carbons (Fsp3) is 0.300. The summed E-state index contributed by atoms with van der Waals surface area (Å²) in [6, 6.07) is 13.0. The Bertz CT molecular complexity index is 788. The van der Waals surface area contributed by atoms with Gasteiger partial charge in [0.2, 0.25) is 5.91 Å². The Balaban J connectivity index is 1.54. The molecule has 0 spiro atoms. The number of halogens is 1. The van der Waals surface area contributed by atoms with Crippen LogP contribution in [0.2, 0.25) is 0 Å². The van der Waals surface area contributed by atoms with E-state index < -0.39 is 0 Å². The maximum absolute atomic E-state index is 13.6. The molecule has 1 aliphatic rings. The van der Waals surface area contributed by atoms with Crippen LogP contribution in [0.4, 0.5) is 10.1 Å². The fourth-order valence-electron chi connectivity index (χ4n) is 2.76. The molecule has 3 N–H and O–H groups in total. The van der Waals surface area contributed by atoms with Crippen molar-refractivity contribution in [1.29, 1.82) is 0 Å². The average Bonchev–Trinajstić information content (AvgIpc) is 2.60. The molecule has 1 unspecified atom stereocenters. The third-order valence-electron chi connectivity index (χ3n) is 4.75. The summed E-state index contributed by atoms with van der Waals surface area (Å²) < 4.78 is 13.6. The summed E-state index contributed by atoms with van der Waals surface area (Å²) in [6.45, 7) is 3.79. The van der Waals surface area contributed by atoms with Crippen molar-refractivity contribution < 1.29 is 14.0 Å². The Morgan fingerprint density at radius 1 is 1.15 bits per heavy atom. The Morgan fingerprint density at radius 2 is 1.85 bits per heavy atom. The monoisotopic (exact) mass is 355 g/mol. The summed E-state index contributed by atoms with van der Waals surface area (Å²) in [7, 11) is 0. The van der Waals surface area contributed by atoms with Gasteiger partial charge in [0.05, 0.1) is 0 Å². The number of carbonyl (C=O) groups excluding carboxylic acids is 2. The third kappa shape index (κ3) is 4.26. The van der Waals surface area contributed by atoms with Crippen LogP contribution in [0.25, 0.3) is 0 Å². The van der Waals surface area contributed by atoms with Gasteiger partial charge in [-0.2, -0.15) is 0 Å². The Hall–Kier alpha value is -2.73. The minimum absolute atomic E-state index is 0.0201. The molecule has 0 bridgehead atoms. The number of hydrogen-bond acceptors (Lipinski definition) is 3. The number of anilines is 1. The van der Waals surface area contributed by atoms with Gasteiger partial charge in [0.25, 0.3) is 5.91 Å². The SMILES string of the molecule is CC(C(=O)Nc1ccc(C(=O)NCc2ccccc2F)cc1)C1CNC1. The standard InChI is InChI=1S/C20H22FN3O2/c1-13(16-10-22-11-16)19(25)24-17-8-6-14(7-9-17)20(26)23-12-15-4-2-3-5-18(15)21/h2-9,13,16,22H,10-12H2,1H3,(H,23,26)(H,24,25). The molecule has 1 aliphatic heterocycles. The van der Waals surface area contributed by atoms with E-state index in [1.165, 1.54) is 6.07 Å². The van der Waals surface area contributed by atoms with Crippen LogP contribution in [0.3, 0.4) is 0 Å². The van der Waals surface area contributed by atoms with Crippen molar-refractivity contribution in [3.05, 3.63) is 65.5 Å². The molecule has 1 heterocycles. The second-order valence-electron chi connectivity index (χ2n) is 6.55. The van der Waals surface area contributed by atoms with E-state index in [9.17, 15) is 14.0 Å². The molecule has 3 rings (SSSR count). The van der Waals surface area contributed by atoms with E-state index in [1.54, 1.807) is 42.5 Å². The molecule has 0 aliphatic carbocycles. The summed E-state index contributed by atoms with van der Waals surface area (Å²) in [5.41, 5.74) is 1.54. The van der Waals surface area contributed by atoms with Gasteiger partial charge in [0, 0.05) is 29.3 Å². The first-order valence-electron chi connectivity index (χ1n) is 8.68. The van der Waals surface area contributed by atoms with Gasteiger partial charge in [-0.25, -0.2) is 4.39 Å². The van der Waals surface area contributed by atoms with Crippen LogP contribution < -0.4 is 16.0 Å². The highest BCUT2D eigenvalue weighted by Gasteiger charge is 2.28. The zero-order valence-electron chi connectivity index (χ0n) is 14.6. The highest BCUT2D eigenvalue weighted by atomic mass is 19.1. The first-order chi connectivity index (χ1) is 12.5. The normalized spacial score (nSPS) is 15.0. The topological polar surface area (TPSA) is 70.2 Å². The number of rotatable bonds is 6. The highest BCUT2D eigenvalue weighted by molar-refractivity contribution is 5.96. The molecular weight excluding hydrogens is 333 g/mol. The quantitative estimate of drug-likeness (QED) is 0.746. The lowest BCUT2D eigenvalue weighted by Crippen LogP contribution is -2.48. The molecule has 0 saturated carbocycles. The molecule has 1 saturated heterocycles. The second kappa shape index (κ2) is 8.10. The first-order valence-corrected chi connectivity index (χ1v) is 8.68. The van der Waals surface area contributed by atoms with Crippen molar-refractivity contribution in [2.75, 3.05) is 18.4 Å². The molecule has 2 amide bonds. The molecule has 26 heavy (non-hydrogen) atoms. The molecule has 2 aromatic rings. The maximum atomic E-state index is 13.6. The number of hydrogen-bond donors (Lipinski definition) is 3. The van der Waals surface area contributed by atoms with Crippen LogP contribution in [0.15, 0.2) is 48.5 Å². The zero-order chi connectivity index (χ0) is 18.5. The largest absolute Gasteiger partial charge is 0.348 e. The lowest BCUT2D eigenvalue weighted by molar-refractivity contribution is -0.121. The molecule has 0 aromatic heterocycles. The summed E-state index contributed by atoms with van der Waals surface area (Å²) in [6.07, 6.45) is 0. The van der Waals surface area contributed by atoms with Gasteiger partial charge < -0.3 is 16.0 Å². The van der Waals surface area contributed by atoms with Crippen molar-refractivity contribution in [1.82, 2.24) is 10.6 Å². The number of amides is 2. The van der Waals surface area contributed by atoms with Gasteiger partial charge in [-0.15, -0.1) is 0 Å². The van der Waals surface area contributed by atoms with E-state index in [4.69, 9.17) is 0 Å². The molecule has 2 aromatic carbocycles. The van der Waals surface area contributed by atoms with Crippen LogP contribution in [-0.2, 0) is 11.3 Å². The van der Waals surface area contributed by atoms with Crippen molar-refractivity contribution in [2.45, 2.75) is 13.5 Å². The number of nitrogens with one attached hydrogen (secondary N) is 3. The number of carbonyl (C=O) groups is 2.